The quantitative estimate of drug-likeness (QED) is 0.713. The summed E-state index contributed by atoms with van der Waals surface area (Å²) in [5.41, 5.74) is 1.16. The highest BCUT2D eigenvalue weighted by molar-refractivity contribution is 9.10. The van der Waals surface area contributed by atoms with Crippen molar-refractivity contribution in [2.24, 2.45) is 5.92 Å². The third-order valence-electron chi connectivity index (χ3n) is 4.48. The topological polar surface area (TPSA) is 29.5 Å². The van der Waals surface area contributed by atoms with Crippen molar-refractivity contribution in [3.8, 4) is 5.75 Å². The van der Waals surface area contributed by atoms with Crippen LogP contribution in [0.1, 0.15) is 45.6 Å². The first kappa shape index (κ1) is 17.3. The maximum Gasteiger partial charge on any atom is 0.223 e. The van der Waals surface area contributed by atoms with Crippen LogP contribution in [0.3, 0.4) is 0 Å². The minimum absolute atomic E-state index is 0.288. The van der Waals surface area contributed by atoms with Crippen LogP contribution >= 0.6 is 15.9 Å². The summed E-state index contributed by atoms with van der Waals surface area (Å²) in [5.74, 6) is 1.61. The first-order valence-electron chi connectivity index (χ1n) is 8.07. The molecule has 1 atom stereocenters. The van der Waals surface area contributed by atoms with Crippen molar-refractivity contribution in [3.05, 3.63) is 28.2 Å². The van der Waals surface area contributed by atoms with Gasteiger partial charge in [-0.1, -0.05) is 19.9 Å². The molecular weight excluding hydrogens is 342 g/mol. The summed E-state index contributed by atoms with van der Waals surface area (Å²) in [6.07, 6.45) is 3.68. The van der Waals surface area contributed by atoms with E-state index >= 15 is 0 Å². The van der Waals surface area contributed by atoms with E-state index in [0.29, 0.717) is 24.4 Å². The number of nitrogens with zero attached hydrogens (tertiary/aromatic N) is 1. The number of benzene rings is 1. The number of amides is 1. The predicted octanol–water partition coefficient (Wildman–Crippen LogP) is 4.43. The van der Waals surface area contributed by atoms with E-state index in [1.54, 1.807) is 7.11 Å². The number of hydrogen-bond acceptors (Lipinski definition) is 2. The number of hydrogen-bond donors (Lipinski definition) is 0. The van der Waals surface area contributed by atoms with E-state index in [1.807, 2.05) is 18.2 Å². The van der Waals surface area contributed by atoms with Crippen molar-refractivity contribution in [1.29, 1.82) is 0 Å². The number of carbonyl (C=O) groups excluding carboxylic acids is 1. The average Bonchev–Trinajstić information content (AvgIpc) is 3.30. The number of methoxy groups -OCH3 is 1. The van der Waals surface area contributed by atoms with E-state index in [-0.39, 0.29) is 5.91 Å². The van der Waals surface area contributed by atoms with Gasteiger partial charge < -0.3 is 9.64 Å². The maximum atomic E-state index is 12.6. The van der Waals surface area contributed by atoms with E-state index in [9.17, 15) is 4.79 Å². The van der Waals surface area contributed by atoms with Gasteiger partial charge in [-0.15, -0.1) is 0 Å². The molecule has 22 heavy (non-hydrogen) atoms. The molecule has 1 aliphatic carbocycles. The number of halogens is 1. The number of carbonyl (C=O) groups is 1. The molecule has 0 aromatic heterocycles. The highest BCUT2D eigenvalue weighted by atomic mass is 79.9. The normalized spacial score (nSPS) is 15.7. The standard InChI is InChI=1S/C18H26BrNO2/c1-12(2)13(3)20(15-7-8-15)18(21)10-6-14-5-9-17(22-4)16(19)11-14/h5,9,11-13,15H,6-8,10H2,1-4H3. The Morgan fingerprint density at radius 1 is 1.36 bits per heavy atom. The summed E-state index contributed by atoms with van der Waals surface area (Å²) in [6, 6.07) is 6.82. The maximum absolute atomic E-state index is 12.6. The zero-order chi connectivity index (χ0) is 16.3. The summed E-state index contributed by atoms with van der Waals surface area (Å²) in [4.78, 5) is 14.8. The van der Waals surface area contributed by atoms with Crippen molar-refractivity contribution in [2.45, 2.75) is 58.5 Å². The van der Waals surface area contributed by atoms with Gasteiger partial charge in [-0.25, -0.2) is 0 Å². The smallest absolute Gasteiger partial charge is 0.223 e. The second-order valence-electron chi connectivity index (χ2n) is 6.49. The van der Waals surface area contributed by atoms with Crippen LogP contribution in [-0.4, -0.2) is 30.0 Å². The van der Waals surface area contributed by atoms with Crippen LogP contribution in [0.15, 0.2) is 22.7 Å². The SMILES string of the molecule is COc1ccc(CCC(=O)N(C2CC2)C(C)C(C)C)cc1Br. The highest BCUT2D eigenvalue weighted by Crippen LogP contribution is 2.32. The second-order valence-corrected chi connectivity index (χ2v) is 7.34. The van der Waals surface area contributed by atoms with Crippen LogP contribution in [0.25, 0.3) is 0 Å². The second kappa shape index (κ2) is 7.49. The summed E-state index contributed by atoms with van der Waals surface area (Å²) in [6.45, 7) is 6.55. The molecule has 0 spiro atoms. The molecule has 2 rings (SSSR count). The van der Waals surface area contributed by atoms with E-state index in [0.717, 1.165) is 35.0 Å². The van der Waals surface area contributed by atoms with E-state index < -0.39 is 0 Å². The van der Waals surface area contributed by atoms with Crippen LogP contribution < -0.4 is 4.74 Å². The summed E-state index contributed by atoms with van der Waals surface area (Å²) in [5, 5.41) is 0. The van der Waals surface area contributed by atoms with Gasteiger partial charge in [0.15, 0.2) is 0 Å². The fourth-order valence-corrected chi connectivity index (χ4v) is 3.27. The Kier molecular flexibility index (Phi) is 5.90. The summed E-state index contributed by atoms with van der Waals surface area (Å²) < 4.78 is 6.18. The molecule has 3 nitrogen and oxygen atoms in total. The average molecular weight is 368 g/mol. The van der Waals surface area contributed by atoms with Crippen molar-refractivity contribution in [3.63, 3.8) is 0 Å². The van der Waals surface area contributed by atoms with Crippen molar-refractivity contribution in [2.75, 3.05) is 7.11 Å². The zero-order valence-electron chi connectivity index (χ0n) is 13.9. The fourth-order valence-electron chi connectivity index (χ4n) is 2.68. The van der Waals surface area contributed by atoms with Crippen LogP contribution in [0.4, 0.5) is 0 Å². The molecule has 1 fully saturated rings. The Bertz CT molecular complexity index is 526. The molecule has 1 aromatic rings. The van der Waals surface area contributed by atoms with E-state index in [2.05, 4.69) is 41.6 Å². The minimum atomic E-state index is 0.288. The van der Waals surface area contributed by atoms with Gasteiger partial charge in [0, 0.05) is 18.5 Å². The molecule has 0 N–H and O–H groups in total. The van der Waals surface area contributed by atoms with Gasteiger partial charge in [-0.3, -0.25) is 4.79 Å². The molecular formula is C18H26BrNO2. The van der Waals surface area contributed by atoms with Crippen LogP contribution in [0.2, 0.25) is 0 Å². The van der Waals surface area contributed by atoms with Crippen LogP contribution in [0, 0.1) is 5.92 Å². The largest absolute Gasteiger partial charge is 0.496 e. The Morgan fingerprint density at radius 2 is 2.05 bits per heavy atom. The first-order chi connectivity index (χ1) is 10.4. The Hall–Kier alpha value is -1.03. The van der Waals surface area contributed by atoms with Crippen molar-refractivity contribution < 1.29 is 9.53 Å². The van der Waals surface area contributed by atoms with Crippen molar-refractivity contribution in [1.82, 2.24) is 4.90 Å². The molecule has 1 unspecified atom stereocenters. The van der Waals surface area contributed by atoms with Gasteiger partial charge in [0.25, 0.3) is 0 Å². The van der Waals surface area contributed by atoms with Gasteiger partial charge in [0.2, 0.25) is 5.91 Å². The van der Waals surface area contributed by atoms with Gasteiger partial charge >= 0.3 is 0 Å². The molecule has 0 bridgehead atoms. The lowest BCUT2D eigenvalue weighted by Crippen LogP contribution is -2.43. The number of aryl methyl sites for hydroxylation is 1. The lowest BCUT2D eigenvalue weighted by Gasteiger charge is -2.32. The monoisotopic (exact) mass is 367 g/mol. The van der Waals surface area contributed by atoms with Gasteiger partial charge in [0.1, 0.15) is 5.75 Å². The fraction of sp³-hybridized carbons (Fsp3) is 0.611. The van der Waals surface area contributed by atoms with Gasteiger partial charge in [0.05, 0.1) is 11.6 Å². The molecule has 1 saturated carbocycles. The lowest BCUT2D eigenvalue weighted by atomic mass is 10.0. The molecule has 0 radical (unpaired) electrons. The minimum Gasteiger partial charge on any atom is -0.496 e. The van der Waals surface area contributed by atoms with Crippen LogP contribution in [0.5, 0.6) is 5.75 Å². The Labute approximate surface area is 142 Å². The molecule has 1 aromatic carbocycles. The van der Waals surface area contributed by atoms with E-state index in [1.165, 1.54) is 0 Å². The third kappa shape index (κ3) is 4.25. The Balaban J connectivity index is 1.97. The molecule has 122 valence electrons. The number of rotatable bonds is 7. The predicted molar refractivity (Wildman–Crippen MR) is 93.2 cm³/mol. The number of ether oxygens (including phenoxy) is 1. The zero-order valence-corrected chi connectivity index (χ0v) is 15.5. The van der Waals surface area contributed by atoms with E-state index in [4.69, 9.17) is 4.74 Å². The molecule has 1 amide bonds. The van der Waals surface area contributed by atoms with Gasteiger partial charge in [-0.05, 0) is 65.7 Å². The molecule has 0 heterocycles. The molecule has 1 aliphatic rings. The van der Waals surface area contributed by atoms with Crippen LogP contribution in [-0.2, 0) is 11.2 Å². The molecule has 4 heteroatoms. The molecule has 0 saturated heterocycles. The first-order valence-corrected chi connectivity index (χ1v) is 8.87. The third-order valence-corrected chi connectivity index (χ3v) is 5.10. The lowest BCUT2D eigenvalue weighted by molar-refractivity contribution is -0.134. The summed E-state index contributed by atoms with van der Waals surface area (Å²) >= 11 is 3.50. The molecule has 0 aliphatic heterocycles. The van der Waals surface area contributed by atoms with Gasteiger partial charge in [-0.2, -0.15) is 0 Å². The highest BCUT2D eigenvalue weighted by Gasteiger charge is 2.36. The Morgan fingerprint density at radius 3 is 2.55 bits per heavy atom. The summed E-state index contributed by atoms with van der Waals surface area (Å²) in [7, 11) is 1.66. The van der Waals surface area contributed by atoms with Crippen molar-refractivity contribution >= 4 is 21.8 Å².